The first kappa shape index (κ1) is 14.9. The van der Waals surface area contributed by atoms with Crippen LogP contribution >= 0.6 is 0 Å². The number of rotatable bonds is 4. The number of amides is 1. The van der Waals surface area contributed by atoms with Gasteiger partial charge in [0.25, 0.3) is 5.91 Å². The number of hydrogen-bond donors (Lipinski definition) is 2. The number of nitrogens with zero attached hydrogens (tertiary/aromatic N) is 1. The quantitative estimate of drug-likeness (QED) is 0.847. The molecule has 0 aromatic heterocycles. The normalized spacial score (nSPS) is 10.4. The maximum Gasteiger partial charge on any atom is 0.255 e. The number of carbonyl (C=O) groups is 1. The third-order valence-corrected chi connectivity index (χ3v) is 3.50. The molecule has 0 aliphatic carbocycles. The number of nitrogens with two attached hydrogens (primary N) is 2. The van der Waals surface area contributed by atoms with Crippen molar-refractivity contribution in [2.45, 2.75) is 19.9 Å². The molecule has 2 aromatic carbocycles. The minimum Gasteiger partial charge on any atom is -0.399 e. The molecule has 2 aromatic rings. The van der Waals surface area contributed by atoms with Gasteiger partial charge in [-0.25, -0.2) is 0 Å². The second-order valence-corrected chi connectivity index (χ2v) is 5.18. The SMILES string of the molecule is CCc1ccc(CN(C)C(=O)c2ccc(N)cc2N)cc1. The number of aryl methyl sites for hydroxylation is 1. The first-order chi connectivity index (χ1) is 10.0. The van der Waals surface area contributed by atoms with E-state index in [4.69, 9.17) is 11.5 Å². The van der Waals surface area contributed by atoms with Crippen LogP contribution in [0.1, 0.15) is 28.4 Å². The Kier molecular flexibility index (Phi) is 4.48. The summed E-state index contributed by atoms with van der Waals surface area (Å²) in [6, 6.07) is 13.2. The molecule has 0 aliphatic heterocycles. The molecule has 0 heterocycles. The fraction of sp³-hybridized carbons (Fsp3) is 0.235. The van der Waals surface area contributed by atoms with Crippen LogP contribution in [0.3, 0.4) is 0 Å². The van der Waals surface area contributed by atoms with Crippen LogP contribution in [-0.2, 0) is 13.0 Å². The van der Waals surface area contributed by atoms with E-state index in [0.29, 0.717) is 23.5 Å². The first-order valence-corrected chi connectivity index (χ1v) is 6.99. The van der Waals surface area contributed by atoms with Gasteiger partial charge in [-0.1, -0.05) is 31.2 Å². The Bertz CT molecular complexity index is 635. The number of nitrogen functional groups attached to an aromatic ring is 2. The molecule has 21 heavy (non-hydrogen) atoms. The van der Waals surface area contributed by atoms with Gasteiger partial charge in [0.05, 0.1) is 5.56 Å². The Balaban J connectivity index is 2.11. The van der Waals surface area contributed by atoms with Crippen LogP contribution < -0.4 is 11.5 Å². The summed E-state index contributed by atoms with van der Waals surface area (Å²) >= 11 is 0. The molecule has 0 bridgehead atoms. The van der Waals surface area contributed by atoms with Gasteiger partial charge in [0.2, 0.25) is 0 Å². The molecule has 0 fully saturated rings. The molecule has 0 saturated heterocycles. The Morgan fingerprint density at radius 1 is 1.05 bits per heavy atom. The minimum absolute atomic E-state index is 0.105. The van der Waals surface area contributed by atoms with E-state index in [1.54, 1.807) is 30.1 Å². The maximum atomic E-state index is 12.4. The van der Waals surface area contributed by atoms with E-state index >= 15 is 0 Å². The van der Waals surface area contributed by atoms with Crippen molar-refractivity contribution < 1.29 is 4.79 Å². The molecule has 110 valence electrons. The Labute approximate surface area is 125 Å². The minimum atomic E-state index is -0.105. The third-order valence-electron chi connectivity index (χ3n) is 3.50. The summed E-state index contributed by atoms with van der Waals surface area (Å²) in [6.45, 7) is 2.67. The lowest BCUT2D eigenvalue weighted by atomic mass is 10.1. The number of anilines is 2. The summed E-state index contributed by atoms with van der Waals surface area (Å²) in [4.78, 5) is 14.1. The van der Waals surface area contributed by atoms with Crippen LogP contribution in [-0.4, -0.2) is 17.9 Å². The second-order valence-electron chi connectivity index (χ2n) is 5.18. The average Bonchev–Trinajstić information content (AvgIpc) is 2.47. The number of hydrogen-bond acceptors (Lipinski definition) is 3. The van der Waals surface area contributed by atoms with E-state index in [9.17, 15) is 4.79 Å². The van der Waals surface area contributed by atoms with Gasteiger partial charge in [-0.15, -0.1) is 0 Å². The van der Waals surface area contributed by atoms with Gasteiger partial charge in [-0.05, 0) is 35.7 Å². The summed E-state index contributed by atoms with van der Waals surface area (Å²) in [5.74, 6) is -0.105. The van der Waals surface area contributed by atoms with Crippen molar-refractivity contribution in [2.75, 3.05) is 18.5 Å². The van der Waals surface area contributed by atoms with Gasteiger partial charge < -0.3 is 16.4 Å². The van der Waals surface area contributed by atoms with Crippen LogP contribution in [0.15, 0.2) is 42.5 Å². The van der Waals surface area contributed by atoms with E-state index < -0.39 is 0 Å². The Morgan fingerprint density at radius 3 is 2.24 bits per heavy atom. The van der Waals surface area contributed by atoms with Crippen molar-refractivity contribution in [3.63, 3.8) is 0 Å². The van der Waals surface area contributed by atoms with E-state index in [2.05, 4.69) is 31.2 Å². The zero-order valence-electron chi connectivity index (χ0n) is 12.5. The predicted molar refractivity (Wildman–Crippen MR) is 86.9 cm³/mol. The summed E-state index contributed by atoms with van der Waals surface area (Å²) in [6.07, 6.45) is 1.01. The maximum absolute atomic E-state index is 12.4. The van der Waals surface area contributed by atoms with Gasteiger partial charge in [0, 0.05) is 25.0 Å². The van der Waals surface area contributed by atoms with Gasteiger partial charge in [0.1, 0.15) is 0 Å². The highest BCUT2D eigenvalue weighted by atomic mass is 16.2. The number of carbonyl (C=O) groups excluding carboxylic acids is 1. The Morgan fingerprint density at radius 2 is 1.67 bits per heavy atom. The Hall–Kier alpha value is -2.49. The molecule has 0 aliphatic rings. The third kappa shape index (κ3) is 3.54. The fourth-order valence-electron chi connectivity index (χ4n) is 2.21. The highest BCUT2D eigenvalue weighted by Crippen LogP contribution is 2.18. The molecule has 4 heteroatoms. The molecule has 2 rings (SSSR count). The highest BCUT2D eigenvalue weighted by Gasteiger charge is 2.15. The summed E-state index contributed by atoms with van der Waals surface area (Å²) in [5, 5.41) is 0. The molecular formula is C17H21N3O. The molecule has 1 amide bonds. The van der Waals surface area contributed by atoms with Crippen molar-refractivity contribution in [3.05, 3.63) is 59.2 Å². The average molecular weight is 283 g/mol. The predicted octanol–water partition coefficient (Wildman–Crippen LogP) is 2.69. The van der Waals surface area contributed by atoms with Gasteiger partial charge >= 0.3 is 0 Å². The van der Waals surface area contributed by atoms with Crippen LogP contribution in [0.4, 0.5) is 11.4 Å². The number of benzene rings is 2. The fourth-order valence-corrected chi connectivity index (χ4v) is 2.21. The molecule has 4 nitrogen and oxygen atoms in total. The standard InChI is InChI=1S/C17H21N3O/c1-3-12-4-6-13(7-5-12)11-20(2)17(21)15-9-8-14(18)10-16(15)19/h4-10H,3,11,18-19H2,1-2H3. The van der Waals surface area contributed by atoms with Crippen molar-refractivity contribution in [2.24, 2.45) is 0 Å². The highest BCUT2D eigenvalue weighted by molar-refractivity contribution is 5.99. The summed E-state index contributed by atoms with van der Waals surface area (Å²) < 4.78 is 0. The molecule has 0 saturated carbocycles. The van der Waals surface area contributed by atoms with E-state index in [0.717, 1.165) is 12.0 Å². The monoisotopic (exact) mass is 283 g/mol. The van der Waals surface area contributed by atoms with E-state index in [1.165, 1.54) is 5.56 Å². The zero-order chi connectivity index (χ0) is 15.4. The topological polar surface area (TPSA) is 72.3 Å². The molecule has 0 radical (unpaired) electrons. The molecule has 0 unspecified atom stereocenters. The van der Waals surface area contributed by atoms with Gasteiger partial charge in [0.15, 0.2) is 0 Å². The van der Waals surface area contributed by atoms with Crippen molar-refractivity contribution in [1.82, 2.24) is 4.90 Å². The molecule has 0 spiro atoms. The van der Waals surface area contributed by atoms with Crippen LogP contribution in [0.5, 0.6) is 0 Å². The van der Waals surface area contributed by atoms with E-state index in [1.807, 2.05) is 0 Å². The van der Waals surface area contributed by atoms with Crippen LogP contribution in [0, 0.1) is 0 Å². The lowest BCUT2D eigenvalue weighted by Crippen LogP contribution is -2.27. The summed E-state index contributed by atoms with van der Waals surface area (Å²) in [7, 11) is 1.77. The van der Waals surface area contributed by atoms with E-state index in [-0.39, 0.29) is 5.91 Å². The smallest absolute Gasteiger partial charge is 0.255 e. The molecule has 0 atom stereocenters. The second kappa shape index (κ2) is 6.31. The molecule has 4 N–H and O–H groups in total. The largest absolute Gasteiger partial charge is 0.399 e. The molecular weight excluding hydrogens is 262 g/mol. The van der Waals surface area contributed by atoms with Crippen LogP contribution in [0.2, 0.25) is 0 Å². The van der Waals surface area contributed by atoms with Crippen molar-refractivity contribution in [1.29, 1.82) is 0 Å². The lowest BCUT2D eigenvalue weighted by Gasteiger charge is -2.18. The summed E-state index contributed by atoms with van der Waals surface area (Å²) in [5.41, 5.74) is 15.3. The van der Waals surface area contributed by atoms with Crippen molar-refractivity contribution in [3.8, 4) is 0 Å². The lowest BCUT2D eigenvalue weighted by molar-refractivity contribution is 0.0786. The van der Waals surface area contributed by atoms with Gasteiger partial charge in [-0.2, -0.15) is 0 Å². The van der Waals surface area contributed by atoms with Gasteiger partial charge in [-0.3, -0.25) is 4.79 Å². The zero-order valence-corrected chi connectivity index (χ0v) is 12.5. The first-order valence-electron chi connectivity index (χ1n) is 6.99. The van der Waals surface area contributed by atoms with Crippen LogP contribution in [0.25, 0.3) is 0 Å². The van der Waals surface area contributed by atoms with Crippen molar-refractivity contribution >= 4 is 17.3 Å².